The highest BCUT2D eigenvalue weighted by atomic mass is 32.1. The average molecular weight is 385 g/mol. The van der Waals surface area contributed by atoms with Gasteiger partial charge in [0.25, 0.3) is 0 Å². The second kappa shape index (κ2) is 8.28. The van der Waals surface area contributed by atoms with Crippen molar-refractivity contribution < 1.29 is 19.2 Å². The molecule has 0 aliphatic carbocycles. The number of aromatic nitrogens is 2. The molecule has 0 saturated carbocycles. The molecule has 3 aromatic rings. The average Bonchev–Trinajstić information content (AvgIpc) is 3.18. The van der Waals surface area contributed by atoms with E-state index in [0.29, 0.717) is 5.56 Å². The van der Waals surface area contributed by atoms with Crippen molar-refractivity contribution in [3.8, 4) is 11.4 Å². The fourth-order valence-electron chi connectivity index (χ4n) is 2.19. The molecule has 0 saturated heterocycles. The van der Waals surface area contributed by atoms with E-state index in [2.05, 4.69) is 10.3 Å². The van der Waals surface area contributed by atoms with E-state index in [1.54, 1.807) is 29.0 Å². The van der Waals surface area contributed by atoms with Crippen molar-refractivity contribution in [3.63, 3.8) is 0 Å². The van der Waals surface area contributed by atoms with Crippen molar-refractivity contribution in [3.05, 3.63) is 69.3 Å². The minimum Gasteiger partial charge on any atom is -0.444 e. The number of rotatable bonds is 5. The Morgan fingerprint density at radius 1 is 1.22 bits per heavy atom. The number of thiophene rings is 1. The van der Waals surface area contributed by atoms with Gasteiger partial charge in [-0.05, 0) is 17.0 Å². The standard InChI is InChI=1S/C18H15N3O5S/c1-12(22)26-21-16(14-7-8-27-11-14)19-9-15(17(21)23)20-18(24)25-10-13-5-3-2-4-6-13/h2-9,11H,10H2,1H3,(H,20,24). The minimum absolute atomic E-state index is 0.0469. The highest BCUT2D eigenvalue weighted by Crippen LogP contribution is 2.19. The summed E-state index contributed by atoms with van der Waals surface area (Å²) in [4.78, 5) is 45.0. The number of ether oxygens (including phenoxy) is 1. The van der Waals surface area contributed by atoms with Crippen LogP contribution in [0.4, 0.5) is 10.5 Å². The third kappa shape index (κ3) is 4.59. The van der Waals surface area contributed by atoms with Crippen LogP contribution in [0.1, 0.15) is 12.5 Å². The Bertz CT molecular complexity index is 1000. The Hall–Kier alpha value is -3.46. The normalized spacial score (nSPS) is 10.3. The van der Waals surface area contributed by atoms with Gasteiger partial charge >= 0.3 is 17.6 Å². The summed E-state index contributed by atoms with van der Waals surface area (Å²) in [7, 11) is 0. The van der Waals surface area contributed by atoms with Gasteiger partial charge in [-0.25, -0.2) is 14.6 Å². The van der Waals surface area contributed by atoms with Crippen LogP contribution in [0.2, 0.25) is 0 Å². The second-order valence-corrected chi connectivity index (χ2v) is 6.16. The van der Waals surface area contributed by atoms with Gasteiger partial charge in [-0.2, -0.15) is 11.3 Å². The molecule has 0 fully saturated rings. The van der Waals surface area contributed by atoms with Crippen molar-refractivity contribution in [2.45, 2.75) is 13.5 Å². The summed E-state index contributed by atoms with van der Waals surface area (Å²) in [6.45, 7) is 1.21. The first-order valence-electron chi connectivity index (χ1n) is 7.86. The fraction of sp³-hybridized carbons (Fsp3) is 0.111. The molecule has 1 aromatic carbocycles. The van der Waals surface area contributed by atoms with Crippen molar-refractivity contribution in [2.75, 3.05) is 5.32 Å². The van der Waals surface area contributed by atoms with E-state index >= 15 is 0 Å². The first-order valence-corrected chi connectivity index (χ1v) is 8.80. The quantitative estimate of drug-likeness (QED) is 0.725. The highest BCUT2D eigenvalue weighted by Gasteiger charge is 2.17. The van der Waals surface area contributed by atoms with E-state index in [0.717, 1.165) is 17.2 Å². The summed E-state index contributed by atoms with van der Waals surface area (Å²) >= 11 is 1.40. The summed E-state index contributed by atoms with van der Waals surface area (Å²) in [5.41, 5.74) is 0.499. The van der Waals surface area contributed by atoms with Crippen LogP contribution in [-0.2, 0) is 16.1 Å². The molecule has 9 heteroatoms. The first-order chi connectivity index (χ1) is 13.0. The summed E-state index contributed by atoms with van der Waals surface area (Å²) in [6.07, 6.45) is 0.370. The van der Waals surface area contributed by atoms with Gasteiger partial charge in [-0.3, -0.25) is 10.1 Å². The van der Waals surface area contributed by atoms with Crippen LogP contribution in [0, 0.1) is 0 Å². The van der Waals surface area contributed by atoms with Crippen LogP contribution < -0.4 is 15.7 Å². The zero-order valence-electron chi connectivity index (χ0n) is 14.2. The predicted molar refractivity (Wildman–Crippen MR) is 99.3 cm³/mol. The number of hydrogen-bond donors (Lipinski definition) is 1. The largest absolute Gasteiger partial charge is 0.444 e. The van der Waals surface area contributed by atoms with Gasteiger partial charge in [0.2, 0.25) is 0 Å². The second-order valence-electron chi connectivity index (χ2n) is 5.38. The number of amides is 1. The van der Waals surface area contributed by atoms with Gasteiger partial charge in [0.15, 0.2) is 5.82 Å². The Labute approximate surface area is 158 Å². The Kier molecular flexibility index (Phi) is 5.62. The lowest BCUT2D eigenvalue weighted by molar-refractivity contribution is -0.141. The van der Waals surface area contributed by atoms with Crippen molar-refractivity contribution >= 4 is 29.1 Å². The molecule has 27 heavy (non-hydrogen) atoms. The van der Waals surface area contributed by atoms with Crippen LogP contribution in [0.5, 0.6) is 0 Å². The molecule has 0 spiro atoms. The molecule has 1 amide bonds. The number of benzene rings is 1. The molecule has 0 radical (unpaired) electrons. The van der Waals surface area contributed by atoms with E-state index in [1.807, 2.05) is 18.2 Å². The molecule has 8 nitrogen and oxygen atoms in total. The monoisotopic (exact) mass is 385 g/mol. The minimum atomic E-state index is -0.824. The molecule has 138 valence electrons. The van der Waals surface area contributed by atoms with E-state index in [1.165, 1.54) is 17.5 Å². The van der Waals surface area contributed by atoms with Crippen LogP contribution in [0.25, 0.3) is 11.4 Å². The van der Waals surface area contributed by atoms with Gasteiger partial charge in [-0.15, -0.1) is 4.73 Å². The van der Waals surface area contributed by atoms with Gasteiger partial charge in [0, 0.05) is 17.9 Å². The molecular formula is C18H15N3O5S. The van der Waals surface area contributed by atoms with Gasteiger partial charge < -0.3 is 9.57 Å². The zero-order valence-corrected chi connectivity index (χ0v) is 15.1. The first kappa shape index (κ1) is 18.3. The topological polar surface area (TPSA) is 99.5 Å². The summed E-state index contributed by atoms with van der Waals surface area (Å²) < 4.78 is 5.83. The number of carbonyl (C=O) groups excluding carboxylic acids is 2. The third-order valence-corrected chi connectivity index (χ3v) is 4.06. The lowest BCUT2D eigenvalue weighted by Crippen LogP contribution is -2.34. The highest BCUT2D eigenvalue weighted by molar-refractivity contribution is 7.08. The molecule has 0 aliphatic heterocycles. The lowest BCUT2D eigenvalue weighted by Gasteiger charge is -2.12. The SMILES string of the molecule is CC(=O)On1c(-c2ccsc2)ncc(NC(=O)OCc2ccccc2)c1=O. The molecule has 2 aromatic heterocycles. The predicted octanol–water partition coefficient (Wildman–Crippen LogP) is 2.70. The summed E-state index contributed by atoms with van der Waals surface area (Å²) in [5.74, 6) is -0.543. The Morgan fingerprint density at radius 3 is 2.67 bits per heavy atom. The lowest BCUT2D eigenvalue weighted by atomic mass is 10.2. The molecule has 0 bridgehead atoms. The maximum atomic E-state index is 12.6. The molecule has 3 rings (SSSR count). The smallest absolute Gasteiger partial charge is 0.412 e. The fourth-order valence-corrected chi connectivity index (χ4v) is 2.82. The van der Waals surface area contributed by atoms with E-state index in [9.17, 15) is 14.4 Å². The number of carbonyl (C=O) groups is 2. The van der Waals surface area contributed by atoms with Crippen LogP contribution in [-0.4, -0.2) is 21.8 Å². The third-order valence-electron chi connectivity index (χ3n) is 3.37. The maximum Gasteiger partial charge on any atom is 0.412 e. The molecule has 0 atom stereocenters. The van der Waals surface area contributed by atoms with Crippen LogP contribution in [0.3, 0.4) is 0 Å². The number of nitrogens with one attached hydrogen (secondary N) is 1. The van der Waals surface area contributed by atoms with E-state index in [-0.39, 0.29) is 18.1 Å². The summed E-state index contributed by atoms with van der Waals surface area (Å²) in [5, 5.41) is 5.87. The van der Waals surface area contributed by atoms with Crippen LogP contribution >= 0.6 is 11.3 Å². The Morgan fingerprint density at radius 2 is 2.00 bits per heavy atom. The zero-order chi connectivity index (χ0) is 19.2. The Balaban J connectivity index is 1.80. The summed E-state index contributed by atoms with van der Waals surface area (Å²) in [6, 6.07) is 10.8. The van der Waals surface area contributed by atoms with Crippen molar-refractivity contribution in [2.24, 2.45) is 0 Å². The van der Waals surface area contributed by atoms with E-state index < -0.39 is 17.6 Å². The van der Waals surface area contributed by atoms with Crippen molar-refractivity contribution in [1.82, 2.24) is 9.71 Å². The van der Waals surface area contributed by atoms with Gasteiger partial charge in [0.05, 0.1) is 6.20 Å². The number of hydrogen-bond acceptors (Lipinski definition) is 7. The number of nitrogens with zero attached hydrogens (tertiary/aromatic N) is 2. The van der Waals surface area contributed by atoms with Gasteiger partial charge in [0.1, 0.15) is 12.3 Å². The van der Waals surface area contributed by atoms with Gasteiger partial charge in [-0.1, -0.05) is 30.3 Å². The maximum absolute atomic E-state index is 12.6. The molecular weight excluding hydrogens is 370 g/mol. The molecule has 2 heterocycles. The molecule has 1 N–H and O–H groups in total. The van der Waals surface area contributed by atoms with E-state index in [4.69, 9.17) is 9.57 Å². The molecule has 0 aliphatic rings. The molecule has 0 unspecified atom stereocenters. The van der Waals surface area contributed by atoms with Crippen molar-refractivity contribution in [1.29, 1.82) is 0 Å². The van der Waals surface area contributed by atoms with Crippen LogP contribution in [0.15, 0.2) is 58.1 Å². The number of anilines is 1.